The molecule has 0 unspecified atom stereocenters. The van der Waals surface area contributed by atoms with Gasteiger partial charge in [0.15, 0.2) is 0 Å². The van der Waals surface area contributed by atoms with Crippen LogP contribution < -0.4 is 5.32 Å². The van der Waals surface area contributed by atoms with Crippen molar-refractivity contribution in [2.45, 2.75) is 36.5 Å². The van der Waals surface area contributed by atoms with E-state index in [1.807, 2.05) is 0 Å². The number of pyridine rings is 1. The Hall–Kier alpha value is -3.11. The van der Waals surface area contributed by atoms with Crippen molar-refractivity contribution >= 4 is 21.6 Å². The van der Waals surface area contributed by atoms with Crippen molar-refractivity contribution in [3.05, 3.63) is 54.7 Å². The van der Waals surface area contributed by atoms with E-state index in [4.69, 9.17) is 4.52 Å². The fourth-order valence-electron chi connectivity index (χ4n) is 3.81. The maximum atomic E-state index is 13.1. The second-order valence-corrected chi connectivity index (χ2v) is 10.1. The first-order valence-corrected chi connectivity index (χ1v) is 12.1. The van der Waals surface area contributed by atoms with E-state index in [-0.39, 0.29) is 16.7 Å². The van der Waals surface area contributed by atoms with Gasteiger partial charge in [-0.3, -0.25) is 9.78 Å². The number of anilines is 1. The minimum Gasteiger partial charge on any atom is -0.339 e. The predicted octanol–water partition coefficient (Wildman–Crippen LogP) is 3.05. The number of benzene rings is 1. The number of hydrogen-bond acceptors (Lipinski definition) is 7. The van der Waals surface area contributed by atoms with Crippen molar-refractivity contribution in [2.24, 2.45) is 5.92 Å². The largest absolute Gasteiger partial charge is 0.339 e. The van der Waals surface area contributed by atoms with Crippen LogP contribution in [0.2, 0.25) is 0 Å². The first-order chi connectivity index (χ1) is 15.5. The lowest BCUT2D eigenvalue weighted by molar-refractivity contribution is -0.120. The van der Waals surface area contributed by atoms with Gasteiger partial charge in [-0.05, 0) is 62.1 Å². The highest BCUT2D eigenvalue weighted by molar-refractivity contribution is 7.89. The highest BCUT2D eigenvalue weighted by Crippen LogP contribution is 2.39. The number of amides is 1. The van der Waals surface area contributed by atoms with E-state index in [1.165, 1.54) is 4.31 Å². The van der Waals surface area contributed by atoms with Gasteiger partial charge in [0.05, 0.1) is 16.8 Å². The number of aromatic nitrogens is 3. The van der Waals surface area contributed by atoms with E-state index < -0.39 is 10.0 Å². The standard InChI is InChI=1S/C22H23N5O4S/c28-21(24-18-2-1-11-23-14-18)16-9-12-27(13-10-16)32(29,30)19-7-5-15(6-8-19)20-25-22(31-26-20)17-3-4-17/h1-2,5-8,11,14,16-17H,3-4,9-10,12-13H2,(H,24,28). The zero-order valence-corrected chi connectivity index (χ0v) is 18.2. The highest BCUT2D eigenvalue weighted by atomic mass is 32.2. The minimum atomic E-state index is -3.64. The summed E-state index contributed by atoms with van der Waals surface area (Å²) in [6, 6.07) is 10.1. The van der Waals surface area contributed by atoms with Gasteiger partial charge in [-0.1, -0.05) is 5.16 Å². The van der Waals surface area contributed by atoms with Crippen LogP contribution in [0.15, 0.2) is 58.2 Å². The van der Waals surface area contributed by atoms with Gasteiger partial charge in [0.25, 0.3) is 0 Å². The smallest absolute Gasteiger partial charge is 0.243 e. The van der Waals surface area contributed by atoms with Gasteiger partial charge in [-0.2, -0.15) is 9.29 Å². The summed E-state index contributed by atoms with van der Waals surface area (Å²) >= 11 is 0. The summed E-state index contributed by atoms with van der Waals surface area (Å²) in [5.41, 5.74) is 1.35. The Balaban J connectivity index is 1.21. The molecule has 32 heavy (non-hydrogen) atoms. The Morgan fingerprint density at radius 2 is 1.81 bits per heavy atom. The number of hydrogen-bond donors (Lipinski definition) is 1. The van der Waals surface area contributed by atoms with Crippen molar-refractivity contribution in [1.29, 1.82) is 0 Å². The molecule has 3 aromatic rings. The Morgan fingerprint density at radius 3 is 2.47 bits per heavy atom. The Kier molecular flexibility index (Phi) is 5.48. The summed E-state index contributed by atoms with van der Waals surface area (Å²) in [5.74, 6) is 1.14. The molecule has 2 fully saturated rings. The number of sulfonamides is 1. The maximum Gasteiger partial charge on any atom is 0.243 e. The van der Waals surface area contributed by atoms with Gasteiger partial charge in [0.2, 0.25) is 27.6 Å². The number of rotatable bonds is 6. The normalized spacial score (nSPS) is 17.9. The van der Waals surface area contributed by atoms with Gasteiger partial charge < -0.3 is 9.84 Å². The van der Waals surface area contributed by atoms with E-state index in [9.17, 15) is 13.2 Å². The lowest BCUT2D eigenvalue weighted by Gasteiger charge is -2.30. The third-order valence-electron chi connectivity index (χ3n) is 5.87. The molecule has 1 amide bonds. The van der Waals surface area contributed by atoms with Crippen LogP contribution in [-0.2, 0) is 14.8 Å². The molecule has 10 heteroatoms. The molecule has 0 atom stereocenters. The van der Waals surface area contributed by atoms with E-state index in [1.54, 1.807) is 48.8 Å². The molecule has 0 bridgehead atoms. The monoisotopic (exact) mass is 453 g/mol. The molecule has 2 aliphatic rings. The van der Waals surface area contributed by atoms with Crippen LogP contribution in [0.4, 0.5) is 5.69 Å². The predicted molar refractivity (Wildman–Crippen MR) is 116 cm³/mol. The summed E-state index contributed by atoms with van der Waals surface area (Å²) in [6.45, 7) is 0.593. The third-order valence-corrected chi connectivity index (χ3v) is 7.79. The van der Waals surface area contributed by atoms with Crippen molar-refractivity contribution in [3.8, 4) is 11.4 Å². The summed E-state index contributed by atoms with van der Waals surface area (Å²) in [6.07, 6.45) is 6.30. The lowest BCUT2D eigenvalue weighted by atomic mass is 9.97. The molecule has 1 aliphatic heterocycles. The van der Waals surface area contributed by atoms with Gasteiger partial charge >= 0.3 is 0 Å². The van der Waals surface area contributed by atoms with Crippen molar-refractivity contribution < 1.29 is 17.7 Å². The number of carbonyl (C=O) groups is 1. The van der Waals surface area contributed by atoms with Crippen molar-refractivity contribution in [1.82, 2.24) is 19.4 Å². The number of nitrogens with one attached hydrogen (secondary N) is 1. The number of nitrogens with zero attached hydrogens (tertiary/aromatic N) is 4. The van der Waals surface area contributed by atoms with Crippen LogP contribution in [0, 0.1) is 5.92 Å². The molecule has 1 N–H and O–H groups in total. The van der Waals surface area contributed by atoms with Crippen LogP contribution in [0.3, 0.4) is 0 Å². The van der Waals surface area contributed by atoms with E-state index in [0.717, 1.165) is 12.8 Å². The van der Waals surface area contributed by atoms with Crippen LogP contribution in [-0.4, -0.2) is 46.8 Å². The molecule has 9 nitrogen and oxygen atoms in total. The summed E-state index contributed by atoms with van der Waals surface area (Å²) < 4.78 is 32.9. The van der Waals surface area contributed by atoms with Crippen LogP contribution in [0.5, 0.6) is 0 Å². The fourth-order valence-corrected chi connectivity index (χ4v) is 5.28. The van der Waals surface area contributed by atoms with Gasteiger partial charge in [0.1, 0.15) is 0 Å². The zero-order chi connectivity index (χ0) is 22.1. The number of piperidine rings is 1. The van der Waals surface area contributed by atoms with E-state index in [2.05, 4.69) is 20.4 Å². The van der Waals surface area contributed by atoms with Gasteiger partial charge in [0, 0.05) is 36.7 Å². The Morgan fingerprint density at radius 1 is 1.06 bits per heavy atom. The topological polar surface area (TPSA) is 118 Å². The van der Waals surface area contributed by atoms with Gasteiger partial charge in [-0.15, -0.1) is 0 Å². The molecular formula is C22H23N5O4S. The van der Waals surface area contributed by atoms with Crippen LogP contribution in [0.1, 0.15) is 37.5 Å². The highest BCUT2D eigenvalue weighted by Gasteiger charge is 2.32. The van der Waals surface area contributed by atoms with Crippen molar-refractivity contribution in [3.63, 3.8) is 0 Å². The first kappa shape index (κ1) is 20.8. The summed E-state index contributed by atoms with van der Waals surface area (Å²) in [4.78, 5) is 21.1. The lowest BCUT2D eigenvalue weighted by Crippen LogP contribution is -2.41. The minimum absolute atomic E-state index is 0.106. The molecular weight excluding hydrogens is 430 g/mol. The maximum absolute atomic E-state index is 13.1. The van der Waals surface area contributed by atoms with Gasteiger partial charge in [-0.25, -0.2) is 8.42 Å². The molecule has 0 spiro atoms. The molecule has 2 aromatic heterocycles. The van der Waals surface area contributed by atoms with Crippen LogP contribution >= 0.6 is 0 Å². The van der Waals surface area contributed by atoms with E-state index >= 15 is 0 Å². The SMILES string of the molecule is O=C(Nc1cccnc1)C1CCN(S(=O)(=O)c2ccc(-c3noc(C4CC4)n3)cc2)CC1. The Bertz CT molecular complexity index is 1200. The number of carbonyl (C=O) groups excluding carboxylic acids is 1. The zero-order valence-electron chi connectivity index (χ0n) is 17.3. The molecule has 166 valence electrons. The van der Waals surface area contributed by atoms with Crippen LogP contribution in [0.25, 0.3) is 11.4 Å². The molecule has 1 aliphatic carbocycles. The Labute approximate surface area is 185 Å². The molecule has 0 radical (unpaired) electrons. The molecule has 1 saturated carbocycles. The quantitative estimate of drug-likeness (QED) is 0.609. The average molecular weight is 454 g/mol. The molecule has 3 heterocycles. The second kappa shape index (κ2) is 8.44. The molecule has 1 aromatic carbocycles. The molecule has 5 rings (SSSR count). The fraction of sp³-hybridized carbons (Fsp3) is 0.364. The average Bonchev–Trinajstić information content (AvgIpc) is 3.56. The van der Waals surface area contributed by atoms with E-state index in [0.29, 0.717) is 54.8 Å². The summed E-state index contributed by atoms with van der Waals surface area (Å²) in [7, 11) is -3.64. The molecule has 1 saturated heterocycles. The second-order valence-electron chi connectivity index (χ2n) is 8.16. The summed E-state index contributed by atoms with van der Waals surface area (Å²) in [5, 5.41) is 6.84. The third kappa shape index (κ3) is 4.28. The first-order valence-electron chi connectivity index (χ1n) is 10.7. The van der Waals surface area contributed by atoms with Crippen molar-refractivity contribution in [2.75, 3.05) is 18.4 Å².